The van der Waals surface area contributed by atoms with Crippen LogP contribution in [0.2, 0.25) is 5.02 Å². The molecule has 0 aliphatic carbocycles. The predicted molar refractivity (Wildman–Crippen MR) is 78.6 cm³/mol. The number of aliphatic carboxylic acids is 1. The number of carboxylic acid groups (broad SMARTS) is 1. The maximum Gasteiger partial charge on any atom is 0.322 e. The average Bonchev–Trinajstić information content (AvgIpc) is 2.38. The molecule has 0 saturated carbocycles. The molecule has 1 aromatic carbocycles. The van der Waals surface area contributed by atoms with Crippen molar-refractivity contribution < 1.29 is 9.90 Å². The minimum Gasteiger partial charge on any atom is -0.480 e. The van der Waals surface area contributed by atoms with Gasteiger partial charge in [0.05, 0.1) is 0 Å². The number of nitrogens with one attached hydrogen (secondary N) is 1. The van der Waals surface area contributed by atoms with E-state index in [2.05, 4.69) is 21.2 Å². The van der Waals surface area contributed by atoms with Gasteiger partial charge in [0.2, 0.25) is 0 Å². The summed E-state index contributed by atoms with van der Waals surface area (Å²) in [6.45, 7) is 3.96. The summed E-state index contributed by atoms with van der Waals surface area (Å²) < 4.78 is 0.920. The zero-order chi connectivity index (χ0) is 14.0. The van der Waals surface area contributed by atoms with E-state index in [0.29, 0.717) is 18.1 Å². The summed E-state index contributed by atoms with van der Waals surface area (Å²) in [5, 5.41) is 13.1. The van der Waals surface area contributed by atoms with Crippen molar-refractivity contribution in [1.82, 2.24) is 10.2 Å². The van der Waals surface area contributed by atoms with Crippen LogP contribution in [0.25, 0.3) is 0 Å². The molecule has 2 unspecified atom stereocenters. The van der Waals surface area contributed by atoms with Crippen LogP contribution >= 0.6 is 27.5 Å². The highest BCUT2D eigenvalue weighted by atomic mass is 79.9. The molecule has 6 heteroatoms. The molecular formula is C13H16BrClN2O2. The molecular weight excluding hydrogens is 332 g/mol. The van der Waals surface area contributed by atoms with E-state index in [0.717, 1.165) is 16.6 Å². The SMILES string of the molecule is CC(c1ccc(Br)cc1Cl)N1CCNCC1C(=O)O. The first kappa shape index (κ1) is 14.8. The topological polar surface area (TPSA) is 52.6 Å². The molecule has 4 nitrogen and oxygen atoms in total. The number of nitrogens with zero attached hydrogens (tertiary/aromatic N) is 1. The molecule has 0 bridgehead atoms. The summed E-state index contributed by atoms with van der Waals surface area (Å²) in [7, 11) is 0. The molecule has 2 N–H and O–H groups in total. The molecule has 2 rings (SSSR count). The van der Waals surface area contributed by atoms with Crippen molar-refractivity contribution >= 4 is 33.5 Å². The molecule has 0 aromatic heterocycles. The highest BCUT2D eigenvalue weighted by molar-refractivity contribution is 9.10. The summed E-state index contributed by atoms with van der Waals surface area (Å²) in [5.74, 6) is -0.799. The summed E-state index contributed by atoms with van der Waals surface area (Å²) in [6.07, 6.45) is 0. The molecule has 19 heavy (non-hydrogen) atoms. The van der Waals surface area contributed by atoms with Crippen LogP contribution in [0.1, 0.15) is 18.5 Å². The largest absolute Gasteiger partial charge is 0.480 e. The van der Waals surface area contributed by atoms with Gasteiger partial charge in [-0.1, -0.05) is 33.6 Å². The Morgan fingerprint density at radius 1 is 1.63 bits per heavy atom. The minimum absolute atomic E-state index is 0.0243. The Kier molecular flexibility index (Phi) is 4.84. The van der Waals surface area contributed by atoms with Gasteiger partial charge in [0.1, 0.15) is 6.04 Å². The molecule has 0 spiro atoms. The van der Waals surface area contributed by atoms with Crippen molar-refractivity contribution in [2.45, 2.75) is 19.0 Å². The second-order valence-corrected chi connectivity index (χ2v) is 5.96. The Bertz CT molecular complexity index is 484. The monoisotopic (exact) mass is 346 g/mol. The number of rotatable bonds is 3. The Labute approximate surface area is 125 Å². The van der Waals surface area contributed by atoms with Crippen LogP contribution in [0.5, 0.6) is 0 Å². The molecule has 1 aliphatic heterocycles. The van der Waals surface area contributed by atoms with Gasteiger partial charge in [-0.05, 0) is 24.6 Å². The number of benzene rings is 1. The third-order valence-corrected chi connectivity index (χ3v) is 4.30. The van der Waals surface area contributed by atoms with Crippen LogP contribution in [0.4, 0.5) is 0 Å². The summed E-state index contributed by atoms with van der Waals surface area (Å²) in [5.41, 5.74) is 0.956. The van der Waals surface area contributed by atoms with E-state index in [-0.39, 0.29) is 6.04 Å². The molecule has 1 fully saturated rings. The molecule has 1 heterocycles. The number of halogens is 2. The van der Waals surface area contributed by atoms with Crippen LogP contribution in [-0.4, -0.2) is 41.7 Å². The Morgan fingerprint density at radius 3 is 3.00 bits per heavy atom. The van der Waals surface area contributed by atoms with Gasteiger partial charge >= 0.3 is 5.97 Å². The lowest BCUT2D eigenvalue weighted by Gasteiger charge is -2.38. The fraction of sp³-hybridized carbons (Fsp3) is 0.462. The van der Waals surface area contributed by atoms with Gasteiger partial charge in [0.25, 0.3) is 0 Å². The third-order valence-electron chi connectivity index (χ3n) is 3.48. The predicted octanol–water partition coefficient (Wildman–Crippen LogP) is 2.52. The second-order valence-electron chi connectivity index (χ2n) is 4.64. The van der Waals surface area contributed by atoms with Crippen LogP contribution in [0, 0.1) is 0 Å². The summed E-state index contributed by atoms with van der Waals surface area (Å²) in [4.78, 5) is 13.3. The van der Waals surface area contributed by atoms with Crippen molar-refractivity contribution in [3.63, 3.8) is 0 Å². The van der Waals surface area contributed by atoms with Crippen LogP contribution in [0.15, 0.2) is 22.7 Å². The zero-order valence-electron chi connectivity index (χ0n) is 10.6. The first-order valence-electron chi connectivity index (χ1n) is 6.15. The number of carboxylic acids is 1. The molecule has 104 valence electrons. The first-order chi connectivity index (χ1) is 9.00. The molecule has 0 amide bonds. The van der Waals surface area contributed by atoms with Crippen LogP contribution in [-0.2, 0) is 4.79 Å². The fourth-order valence-electron chi connectivity index (χ4n) is 2.43. The number of piperazine rings is 1. The van der Waals surface area contributed by atoms with E-state index in [1.807, 2.05) is 30.0 Å². The first-order valence-corrected chi connectivity index (χ1v) is 7.32. The number of carbonyl (C=O) groups is 1. The Hall–Kier alpha value is -0.620. The van der Waals surface area contributed by atoms with Gasteiger partial charge in [-0.3, -0.25) is 9.69 Å². The number of hydrogen-bond acceptors (Lipinski definition) is 3. The van der Waals surface area contributed by atoms with Gasteiger partial charge in [-0.25, -0.2) is 0 Å². The smallest absolute Gasteiger partial charge is 0.322 e. The Balaban J connectivity index is 2.25. The second kappa shape index (κ2) is 6.22. The zero-order valence-corrected chi connectivity index (χ0v) is 12.9. The van der Waals surface area contributed by atoms with E-state index >= 15 is 0 Å². The lowest BCUT2D eigenvalue weighted by atomic mass is 10.0. The Morgan fingerprint density at radius 2 is 2.37 bits per heavy atom. The summed E-state index contributed by atoms with van der Waals surface area (Å²) in [6, 6.07) is 5.17. The average molecular weight is 348 g/mol. The van der Waals surface area contributed by atoms with Crippen LogP contribution in [0.3, 0.4) is 0 Å². The highest BCUT2D eigenvalue weighted by Crippen LogP contribution is 2.31. The van der Waals surface area contributed by atoms with E-state index in [1.54, 1.807) is 0 Å². The third kappa shape index (κ3) is 3.28. The number of hydrogen-bond donors (Lipinski definition) is 2. The fourth-order valence-corrected chi connectivity index (χ4v) is 3.26. The van der Waals surface area contributed by atoms with Crippen molar-refractivity contribution in [2.75, 3.05) is 19.6 Å². The highest BCUT2D eigenvalue weighted by Gasteiger charge is 2.32. The maximum absolute atomic E-state index is 11.3. The van der Waals surface area contributed by atoms with Gasteiger partial charge in [-0.2, -0.15) is 0 Å². The van der Waals surface area contributed by atoms with Crippen molar-refractivity contribution in [3.8, 4) is 0 Å². The summed E-state index contributed by atoms with van der Waals surface area (Å²) >= 11 is 9.63. The van der Waals surface area contributed by atoms with E-state index in [9.17, 15) is 9.90 Å². The van der Waals surface area contributed by atoms with Crippen LogP contribution < -0.4 is 5.32 Å². The van der Waals surface area contributed by atoms with E-state index < -0.39 is 12.0 Å². The van der Waals surface area contributed by atoms with Crippen molar-refractivity contribution in [3.05, 3.63) is 33.3 Å². The molecule has 2 atom stereocenters. The lowest BCUT2D eigenvalue weighted by Crippen LogP contribution is -2.55. The normalized spacial score (nSPS) is 22.2. The molecule has 1 aromatic rings. The van der Waals surface area contributed by atoms with E-state index in [1.165, 1.54) is 0 Å². The molecule has 1 saturated heterocycles. The van der Waals surface area contributed by atoms with Gasteiger partial charge < -0.3 is 10.4 Å². The van der Waals surface area contributed by atoms with Gasteiger partial charge in [0, 0.05) is 35.2 Å². The van der Waals surface area contributed by atoms with Gasteiger partial charge in [-0.15, -0.1) is 0 Å². The molecule has 1 aliphatic rings. The standard InChI is InChI=1S/C13H16BrClN2O2/c1-8(10-3-2-9(14)6-11(10)15)17-5-4-16-7-12(17)13(18)19/h2-3,6,8,12,16H,4-5,7H2,1H3,(H,18,19). The maximum atomic E-state index is 11.3. The minimum atomic E-state index is -0.799. The lowest BCUT2D eigenvalue weighted by molar-refractivity contribution is -0.145. The van der Waals surface area contributed by atoms with Crippen molar-refractivity contribution in [2.24, 2.45) is 0 Å². The van der Waals surface area contributed by atoms with E-state index in [4.69, 9.17) is 11.6 Å². The quantitative estimate of drug-likeness (QED) is 0.882. The van der Waals surface area contributed by atoms with Crippen molar-refractivity contribution in [1.29, 1.82) is 0 Å². The van der Waals surface area contributed by atoms with Gasteiger partial charge in [0.15, 0.2) is 0 Å². The molecule has 0 radical (unpaired) electrons.